The van der Waals surface area contributed by atoms with E-state index in [0.29, 0.717) is 17.3 Å². The minimum absolute atomic E-state index is 0.0655. The van der Waals surface area contributed by atoms with E-state index in [1.807, 2.05) is 24.3 Å². The summed E-state index contributed by atoms with van der Waals surface area (Å²) in [5, 5.41) is 0. The van der Waals surface area contributed by atoms with Crippen LogP contribution in [0.1, 0.15) is 13.8 Å². The summed E-state index contributed by atoms with van der Waals surface area (Å²) in [6, 6.07) is 7.34. The first-order valence-corrected chi connectivity index (χ1v) is 5.86. The third kappa shape index (κ3) is 2.52. The van der Waals surface area contributed by atoms with Crippen molar-refractivity contribution >= 4 is 14.4 Å². The minimum Gasteiger partial charge on any atom is -0.413 e. The molecule has 0 N–H and O–H groups in total. The fourth-order valence-electron chi connectivity index (χ4n) is 1.25. The van der Waals surface area contributed by atoms with Crippen LogP contribution < -0.4 is 9.05 Å². The van der Waals surface area contributed by atoms with Crippen molar-refractivity contribution in [2.45, 2.75) is 13.8 Å². The van der Waals surface area contributed by atoms with Crippen molar-refractivity contribution in [2.75, 3.05) is 0 Å². The van der Waals surface area contributed by atoms with Gasteiger partial charge in [-0.3, -0.25) is 4.79 Å². The Morgan fingerprint density at radius 2 is 1.81 bits per heavy atom. The molecule has 1 aromatic rings. The van der Waals surface area contributed by atoms with Gasteiger partial charge in [0.25, 0.3) is 0 Å². The Hall–Kier alpha value is -1.54. The van der Waals surface area contributed by atoms with Crippen LogP contribution in [-0.2, 0) is 9.32 Å². The van der Waals surface area contributed by atoms with Crippen LogP contribution in [0.25, 0.3) is 0 Å². The van der Waals surface area contributed by atoms with Crippen LogP contribution in [0.15, 0.2) is 36.1 Å². The van der Waals surface area contributed by atoms with Gasteiger partial charge in [-0.1, -0.05) is 12.1 Å². The number of hydrogen-bond donors (Lipinski definition) is 0. The fraction of sp³-hybridized carbons (Fsp3) is 0.182. The van der Waals surface area contributed by atoms with Gasteiger partial charge in [-0.05, 0) is 26.0 Å². The molecule has 0 fully saturated rings. The molecule has 16 heavy (non-hydrogen) atoms. The number of benzene rings is 1. The summed E-state index contributed by atoms with van der Waals surface area (Å²) in [4.78, 5) is 10.8. The number of fused-ring (bicyclic) bond motifs is 1. The summed E-state index contributed by atoms with van der Waals surface area (Å²) in [7, 11) is -1.46. The van der Waals surface area contributed by atoms with E-state index in [1.54, 1.807) is 6.92 Å². The number of hydrogen-bond acceptors (Lipinski definition) is 4. The highest BCUT2D eigenvalue weighted by Gasteiger charge is 2.29. The molecule has 0 saturated carbocycles. The molecule has 0 unspecified atom stereocenters. The molecule has 0 amide bonds. The number of para-hydroxylation sites is 2. The molecule has 84 valence electrons. The van der Waals surface area contributed by atoms with Crippen LogP contribution >= 0.6 is 8.60 Å². The molecule has 0 radical (unpaired) electrons. The second-order valence-electron chi connectivity index (χ2n) is 3.31. The van der Waals surface area contributed by atoms with Crippen LogP contribution in [0.5, 0.6) is 11.5 Å². The minimum atomic E-state index is -1.46. The Morgan fingerprint density at radius 3 is 2.31 bits per heavy atom. The van der Waals surface area contributed by atoms with Crippen molar-refractivity contribution in [3.63, 3.8) is 0 Å². The highest BCUT2D eigenvalue weighted by molar-refractivity contribution is 7.43. The van der Waals surface area contributed by atoms with E-state index in [0.717, 1.165) is 0 Å². The molecular weight excluding hydrogens is 227 g/mol. The largest absolute Gasteiger partial charge is 0.530 e. The monoisotopic (exact) mass is 238 g/mol. The number of rotatable bonds is 3. The summed E-state index contributed by atoms with van der Waals surface area (Å²) in [6.07, 6.45) is 1.40. The van der Waals surface area contributed by atoms with Gasteiger partial charge >= 0.3 is 8.60 Å². The first kappa shape index (κ1) is 11.0. The summed E-state index contributed by atoms with van der Waals surface area (Å²) in [6.45, 7) is 3.16. The summed E-state index contributed by atoms with van der Waals surface area (Å²) >= 11 is 0. The lowest BCUT2D eigenvalue weighted by atomic mass is 10.3. The lowest BCUT2D eigenvalue weighted by Gasteiger charge is -2.08. The molecule has 0 spiro atoms. The predicted molar refractivity (Wildman–Crippen MR) is 60.1 cm³/mol. The number of ketones is 1. The second-order valence-corrected chi connectivity index (χ2v) is 4.30. The van der Waals surface area contributed by atoms with Gasteiger partial charge in [0.1, 0.15) is 5.76 Å². The molecule has 0 aromatic heterocycles. The van der Waals surface area contributed by atoms with E-state index < -0.39 is 8.60 Å². The van der Waals surface area contributed by atoms with Gasteiger partial charge in [-0.25, -0.2) is 0 Å². The number of carbonyl (C=O) groups is 1. The molecule has 5 heteroatoms. The van der Waals surface area contributed by atoms with Gasteiger partial charge < -0.3 is 13.6 Å². The van der Waals surface area contributed by atoms with Crippen molar-refractivity contribution in [3.8, 4) is 11.5 Å². The van der Waals surface area contributed by atoms with Crippen LogP contribution in [0.4, 0.5) is 0 Å². The highest BCUT2D eigenvalue weighted by atomic mass is 31.2. The molecule has 0 atom stereocenters. The molecule has 0 bridgehead atoms. The topological polar surface area (TPSA) is 44.8 Å². The lowest BCUT2D eigenvalue weighted by molar-refractivity contribution is -0.112. The Bertz CT molecular complexity index is 416. The SMILES string of the molecule is CC(=O)C=C(C)OP1Oc2ccccc2O1. The van der Waals surface area contributed by atoms with Crippen molar-refractivity contribution in [2.24, 2.45) is 0 Å². The van der Waals surface area contributed by atoms with Crippen molar-refractivity contribution in [3.05, 3.63) is 36.1 Å². The third-order valence-electron chi connectivity index (χ3n) is 1.82. The summed E-state index contributed by atoms with van der Waals surface area (Å²) in [5.74, 6) is 1.77. The van der Waals surface area contributed by atoms with Crippen molar-refractivity contribution in [1.82, 2.24) is 0 Å². The Labute approximate surface area is 94.8 Å². The van der Waals surface area contributed by atoms with Crippen LogP contribution in [-0.4, -0.2) is 5.78 Å². The number of allylic oxidation sites excluding steroid dienone is 2. The van der Waals surface area contributed by atoms with E-state index >= 15 is 0 Å². The lowest BCUT2D eigenvalue weighted by Crippen LogP contribution is -1.93. The van der Waals surface area contributed by atoms with E-state index in [-0.39, 0.29) is 5.78 Å². The molecule has 1 aliphatic rings. The average Bonchev–Trinajstić information content (AvgIpc) is 2.57. The zero-order valence-electron chi connectivity index (χ0n) is 8.97. The molecule has 0 aliphatic carbocycles. The molecule has 0 saturated heterocycles. The quantitative estimate of drug-likeness (QED) is 0.461. The fourth-order valence-corrected chi connectivity index (χ4v) is 2.27. The standard InChI is InChI=1S/C11H11O4P/c1-8(12)7-9(2)13-16-14-10-5-3-4-6-11(10)15-16/h3-7H,1-2H3. The highest BCUT2D eigenvalue weighted by Crippen LogP contribution is 2.53. The number of carbonyl (C=O) groups excluding carboxylic acids is 1. The van der Waals surface area contributed by atoms with Crippen LogP contribution in [0.2, 0.25) is 0 Å². The summed E-state index contributed by atoms with van der Waals surface area (Å²) in [5.41, 5.74) is 0. The van der Waals surface area contributed by atoms with Gasteiger partial charge in [0.15, 0.2) is 17.3 Å². The Kier molecular flexibility index (Phi) is 3.11. The maximum absolute atomic E-state index is 10.8. The van der Waals surface area contributed by atoms with Gasteiger partial charge in [0, 0.05) is 6.08 Å². The molecular formula is C11H11O4P. The van der Waals surface area contributed by atoms with Crippen molar-refractivity contribution in [1.29, 1.82) is 0 Å². The van der Waals surface area contributed by atoms with Gasteiger partial charge in [0.05, 0.1) is 0 Å². The van der Waals surface area contributed by atoms with E-state index in [4.69, 9.17) is 13.6 Å². The van der Waals surface area contributed by atoms with Gasteiger partial charge in [0.2, 0.25) is 0 Å². The normalized spacial score (nSPS) is 15.0. The van der Waals surface area contributed by atoms with Gasteiger partial charge in [-0.2, -0.15) is 0 Å². The first-order chi connectivity index (χ1) is 7.65. The van der Waals surface area contributed by atoms with E-state index in [2.05, 4.69) is 0 Å². The van der Waals surface area contributed by atoms with Crippen LogP contribution in [0, 0.1) is 0 Å². The average molecular weight is 238 g/mol. The zero-order valence-corrected chi connectivity index (χ0v) is 9.86. The van der Waals surface area contributed by atoms with E-state index in [1.165, 1.54) is 13.0 Å². The maximum Gasteiger partial charge on any atom is 0.530 e. The van der Waals surface area contributed by atoms with Crippen molar-refractivity contribution < 1.29 is 18.4 Å². The first-order valence-electron chi connectivity index (χ1n) is 4.77. The molecule has 4 nitrogen and oxygen atoms in total. The van der Waals surface area contributed by atoms with Gasteiger partial charge in [-0.15, -0.1) is 0 Å². The molecule has 1 aliphatic heterocycles. The second kappa shape index (κ2) is 4.54. The Morgan fingerprint density at radius 1 is 1.25 bits per heavy atom. The Balaban J connectivity index is 2.00. The molecule has 2 rings (SSSR count). The smallest absolute Gasteiger partial charge is 0.413 e. The predicted octanol–water partition coefficient (Wildman–Crippen LogP) is 3.19. The van der Waals surface area contributed by atoms with E-state index in [9.17, 15) is 4.79 Å². The molecule has 1 aromatic carbocycles. The molecule has 1 heterocycles. The maximum atomic E-state index is 10.8. The summed E-state index contributed by atoms with van der Waals surface area (Å²) < 4.78 is 16.2. The van der Waals surface area contributed by atoms with Crippen LogP contribution in [0.3, 0.4) is 0 Å². The third-order valence-corrected chi connectivity index (χ3v) is 2.95. The zero-order chi connectivity index (χ0) is 11.5.